The predicted molar refractivity (Wildman–Crippen MR) is 63.8 cm³/mol. The van der Waals surface area contributed by atoms with Crippen LogP contribution in [0.25, 0.3) is 21.9 Å². The zero-order valence-electron chi connectivity index (χ0n) is 8.60. The van der Waals surface area contributed by atoms with E-state index < -0.39 is 0 Å². The molecule has 0 saturated heterocycles. The first kappa shape index (κ1) is 9.35. The molecule has 1 N–H and O–H groups in total. The van der Waals surface area contributed by atoms with Gasteiger partial charge in [0.15, 0.2) is 11.5 Å². The summed E-state index contributed by atoms with van der Waals surface area (Å²) in [6.07, 6.45) is 1.74. The highest BCUT2D eigenvalue weighted by Crippen LogP contribution is 2.29. The van der Waals surface area contributed by atoms with Crippen LogP contribution in [-0.2, 0) is 0 Å². The molecule has 0 aliphatic carbocycles. The number of H-pyrrole nitrogens is 1. The number of ether oxygens (including phenoxy) is 1. The summed E-state index contributed by atoms with van der Waals surface area (Å²) in [5.41, 5.74) is 1.69. The van der Waals surface area contributed by atoms with Crippen molar-refractivity contribution in [2.24, 2.45) is 0 Å². The molecule has 0 bridgehead atoms. The van der Waals surface area contributed by atoms with Gasteiger partial charge in [0, 0.05) is 17.6 Å². The molecular weight excluding hydrogens is 222 g/mol. The zero-order valence-corrected chi connectivity index (χ0v) is 9.41. The lowest BCUT2D eigenvalue weighted by Gasteiger charge is -1.89. The molecule has 80 valence electrons. The van der Waals surface area contributed by atoms with Crippen molar-refractivity contribution in [2.75, 3.05) is 7.11 Å². The summed E-state index contributed by atoms with van der Waals surface area (Å²) in [5.74, 6) is 1.69. The van der Waals surface area contributed by atoms with Crippen molar-refractivity contribution in [1.29, 1.82) is 0 Å². The van der Waals surface area contributed by atoms with Crippen LogP contribution in [0.2, 0.25) is 0 Å². The average molecular weight is 231 g/mol. The fraction of sp³-hybridized carbons (Fsp3) is 0.0909. The summed E-state index contributed by atoms with van der Waals surface area (Å²) in [7, 11) is 1.66. The SMILES string of the molecule is COc1csc(-c2nc3ncccc3[nH]2)c1. The Bertz CT molecular complexity index is 596. The van der Waals surface area contributed by atoms with E-state index in [9.17, 15) is 0 Å². The number of fused-ring (bicyclic) bond motifs is 1. The fourth-order valence-corrected chi connectivity index (χ4v) is 2.31. The number of hydrogen-bond donors (Lipinski definition) is 1. The number of aromatic nitrogens is 3. The van der Waals surface area contributed by atoms with Crippen LogP contribution < -0.4 is 4.74 Å². The van der Waals surface area contributed by atoms with Crippen molar-refractivity contribution in [3.05, 3.63) is 29.8 Å². The van der Waals surface area contributed by atoms with Gasteiger partial charge in [-0.1, -0.05) is 0 Å². The Labute approximate surface area is 95.9 Å². The average Bonchev–Trinajstić information content (AvgIpc) is 2.95. The van der Waals surface area contributed by atoms with Crippen LogP contribution in [-0.4, -0.2) is 22.1 Å². The van der Waals surface area contributed by atoms with E-state index in [0.717, 1.165) is 27.6 Å². The second kappa shape index (κ2) is 3.61. The lowest BCUT2D eigenvalue weighted by atomic mass is 10.4. The van der Waals surface area contributed by atoms with Crippen LogP contribution in [0, 0.1) is 0 Å². The predicted octanol–water partition coefficient (Wildman–Crippen LogP) is 2.69. The second-order valence-corrected chi connectivity index (χ2v) is 4.22. The van der Waals surface area contributed by atoms with Crippen molar-refractivity contribution in [3.8, 4) is 16.5 Å². The van der Waals surface area contributed by atoms with Crippen molar-refractivity contribution in [3.63, 3.8) is 0 Å². The number of rotatable bonds is 2. The monoisotopic (exact) mass is 231 g/mol. The molecule has 0 unspecified atom stereocenters. The third kappa shape index (κ3) is 1.45. The van der Waals surface area contributed by atoms with Gasteiger partial charge in [-0.2, -0.15) is 0 Å². The van der Waals surface area contributed by atoms with Crippen LogP contribution in [0.15, 0.2) is 29.8 Å². The first-order valence-corrected chi connectivity index (χ1v) is 5.68. The fourth-order valence-electron chi connectivity index (χ4n) is 1.51. The summed E-state index contributed by atoms with van der Waals surface area (Å²) in [5, 5.41) is 1.95. The van der Waals surface area contributed by atoms with E-state index in [4.69, 9.17) is 4.74 Å². The molecule has 0 fully saturated rings. The molecule has 0 aliphatic rings. The largest absolute Gasteiger partial charge is 0.496 e. The second-order valence-electron chi connectivity index (χ2n) is 3.31. The van der Waals surface area contributed by atoms with Crippen molar-refractivity contribution in [2.45, 2.75) is 0 Å². The molecule has 3 heterocycles. The Morgan fingerprint density at radius 3 is 3.12 bits per heavy atom. The number of imidazole rings is 1. The number of nitrogens with one attached hydrogen (secondary N) is 1. The summed E-state index contributed by atoms with van der Waals surface area (Å²) in [6, 6.07) is 5.81. The van der Waals surface area contributed by atoms with E-state index in [2.05, 4.69) is 15.0 Å². The minimum absolute atomic E-state index is 0.741. The number of nitrogens with zero attached hydrogens (tertiary/aromatic N) is 2. The third-order valence-corrected chi connectivity index (χ3v) is 3.22. The zero-order chi connectivity index (χ0) is 11.0. The molecule has 3 rings (SSSR count). The Balaban J connectivity index is 2.11. The molecule has 0 atom stereocenters. The molecule has 3 aromatic heterocycles. The molecule has 4 nitrogen and oxygen atoms in total. The number of pyridine rings is 1. The van der Waals surface area contributed by atoms with Crippen molar-refractivity contribution < 1.29 is 4.74 Å². The van der Waals surface area contributed by atoms with Crippen LogP contribution >= 0.6 is 11.3 Å². The third-order valence-electron chi connectivity index (χ3n) is 2.30. The molecule has 0 spiro atoms. The highest BCUT2D eigenvalue weighted by molar-refractivity contribution is 7.13. The summed E-state index contributed by atoms with van der Waals surface area (Å²) < 4.78 is 5.14. The van der Waals surface area contributed by atoms with Crippen molar-refractivity contribution in [1.82, 2.24) is 15.0 Å². The minimum Gasteiger partial charge on any atom is -0.496 e. The van der Waals surface area contributed by atoms with Gasteiger partial charge in [-0.05, 0) is 12.1 Å². The van der Waals surface area contributed by atoms with E-state index in [0.29, 0.717) is 0 Å². The highest BCUT2D eigenvalue weighted by atomic mass is 32.1. The number of thiophene rings is 1. The number of methoxy groups -OCH3 is 1. The molecule has 0 radical (unpaired) electrons. The van der Waals surface area contributed by atoms with E-state index in [1.807, 2.05) is 23.6 Å². The lowest BCUT2D eigenvalue weighted by molar-refractivity contribution is 0.417. The molecule has 0 aromatic carbocycles. The number of hydrogen-bond acceptors (Lipinski definition) is 4. The molecule has 16 heavy (non-hydrogen) atoms. The van der Waals surface area contributed by atoms with Crippen LogP contribution in [0.3, 0.4) is 0 Å². The van der Waals surface area contributed by atoms with Gasteiger partial charge >= 0.3 is 0 Å². The Morgan fingerprint density at radius 1 is 1.44 bits per heavy atom. The maximum absolute atomic E-state index is 5.14. The van der Waals surface area contributed by atoms with Gasteiger partial charge in [0.05, 0.1) is 17.5 Å². The van der Waals surface area contributed by atoms with Crippen LogP contribution in [0.5, 0.6) is 5.75 Å². The Morgan fingerprint density at radius 2 is 2.38 bits per heavy atom. The summed E-state index contributed by atoms with van der Waals surface area (Å²) in [4.78, 5) is 12.9. The van der Waals surface area contributed by atoms with Gasteiger partial charge in [0.1, 0.15) is 5.75 Å². The van der Waals surface area contributed by atoms with Gasteiger partial charge < -0.3 is 9.72 Å². The van der Waals surface area contributed by atoms with Gasteiger partial charge in [-0.3, -0.25) is 0 Å². The van der Waals surface area contributed by atoms with E-state index >= 15 is 0 Å². The van der Waals surface area contributed by atoms with Gasteiger partial charge in [0.2, 0.25) is 0 Å². The van der Waals surface area contributed by atoms with Crippen LogP contribution in [0.1, 0.15) is 0 Å². The minimum atomic E-state index is 0.741. The standard InChI is InChI=1S/C11H9N3OS/c1-15-7-5-9(16-6-7)11-13-8-3-2-4-12-10(8)14-11/h2-6H,1H3,(H,12,13,14). The first-order valence-electron chi connectivity index (χ1n) is 4.80. The highest BCUT2D eigenvalue weighted by Gasteiger charge is 2.08. The van der Waals surface area contributed by atoms with Gasteiger partial charge in [0.25, 0.3) is 0 Å². The molecule has 0 amide bonds. The topological polar surface area (TPSA) is 50.8 Å². The maximum Gasteiger partial charge on any atom is 0.178 e. The van der Waals surface area contributed by atoms with E-state index in [-0.39, 0.29) is 0 Å². The van der Waals surface area contributed by atoms with Gasteiger partial charge in [-0.25, -0.2) is 9.97 Å². The maximum atomic E-state index is 5.14. The smallest absolute Gasteiger partial charge is 0.178 e. The first-order chi connectivity index (χ1) is 7.86. The Kier molecular flexibility index (Phi) is 2.11. The Hall–Kier alpha value is -1.88. The molecule has 0 aliphatic heterocycles. The lowest BCUT2D eigenvalue weighted by Crippen LogP contribution is -1.77. The quantitative estimate of drug-likeness (QED) is 0.737. The molecule has 0 saturated carbocycles. The molecular formula is C11H9N3OS. The number of aromatic amines is 1. The summed E-state index contributed by atoms with van der Waals surface area (Å²) >= 11 is 1.60. The van der Waals surface area contributed by atoms with Crippen LogP contribution in [0.4, 0.5) is 0 Å². The van der Waals surface area contributed by atoms with E-state index in [1.165, 1.54) is 0 Å². The normalized spacial score (nSPS) is 10.8. The van der Waals surface area contributed by atoms with Gasteiger partial charge in [-0.15, -0.1) is 11.3 Å². The summed E-state index contributed by atoms with van der Waals surface area (Å²) in [6.45, 7) is 0. The molecule has 3 aromatic rings. The molecule has 5 heteroatoms. The van der Waals surface area contributed by atoms with Crippen molar-refractivity contribution >= 4 is 22.5 Å². The van der Waals surface area contributed by atoms with E-state index in [1.54, 1.807) is 24.6 Å².